The summed E-state index contributed by atoms with van der Waals surface area (Å²) in [6, 6.07) is 15.3. The smallest absolute Gasteiger partial charge is 0.174 e. The van der Waals surface area contributed by atoms with Crippen LogP contribution >= 0.6 is 23.2 Å². The van der Waals surface area contributed by atoms with Crippen LogP contribution in [-0.2, 0) is 0 Å². The van der Waals surface area contributed by atoms with Gasteiger partial charge in [-0.15, -0.1) is 0 Å². The molecule has 4 rings (SSSR count). The number of halogens is 2. The summed E-state index contributed by atoms with van der Waals surface area (Å²) in [5, 5.41) is 0.920. The Morgan fingerprint density at radius 3 is 2.48 bits per heavy atom. The average molecular weight is 370 g/mol. The highest BCUT2D eigenvalue weighted by Gasteiger charge is 2.16. The van der Waals surface area contributed by atoms with Gasteiger partial charge in [0.25, 0.3) is 0 Å². The average Bonchev–Trinajstić information content (AvgIpc) is 3.22. The lowest BCUT2D eigenvalue weighted by molar-refractivity contribution is 0.590. The van der Waals surface area contributed by atoms with Crippen molar-refractivity contribution in [1.29, 1.82) is 0 Å². The number of pyridine rings is 1. The van der Waals surface area contributed by atoms with Crippen molar-refractivity contribution in [3.8, 4) is 34.3 Å². The zero-order valence-corrected chi connectivity index (χ0v) is 14.8. The van der Waals surface area contributed by atoms with Crippen LogP contribution in [0.15, 0.2) is 59.1 Å². The van der Waals surface area contributed by atoms with E-state index in [1.807, 2.05) is 49.4 Å². The molecule has 0 saturated carbocycles. The molecule has 0 unspecified atom stereocenters. The van der Waals surface area contributed by atoms with Gasteiger partial charge in [0.15, 0.2) is 17.3 Å². The molecule has 0 spiro atoms. The molecule has 3 heterocycles. The third-order valence-corrected chi connectivity index (χ3v) is 4.31. The van der Waals surface area contributed by atoms with E-state index < -0.39 is 0 Å². The lowest BCUT2D eigenvalue weighted by atomic mass is 10.1. The van der Waals surface area contributed by atoms with Gasteiger partial charge in [0.2, 0.25) is 0 Å². The van der Waals surface area contributed by atoms with Crippen molar-refractivity contribution in [2.75, 3.05) is 0 Å². The number of nitrogens with one attached hydrogen (secondary N) is 1. The Morgan fingerprint density at radius 1 is 0.960 bits per heavy atom. The first-order chi connectivity index (χ1) is 12.1. The highest BCUT2D eigenvalue weighted by atomic mass is 35.5. The van der Waals surface area contributed by atoms with E-state index in [1.54, 1.807) is 6.07 Å². The topological polar surface area (TPSA) is 54.7 Å². The largest absolute Gasteiger partial charge is 0.451 e. The number of aromatic nitrogens is 3. The summed E-state index contributed by atoms with van der Waals surface area (Å²) in [5.41, 5.74) is 3.47. The number of furan rings is 1. The first-order valence-corrected chi connectivity index (χ1v) is 8.41. The Morgan fingerprint density at radius 2 is 1.72 bits per heavy atom. The van der Waals surface area contributed by atoms with Gasteiger partial charge < -0.3 is 9.40 Å². The van der Waals surface area contributed by atoms with E-state index in [0.717, 1.165) is 17.0 Å². The van der Waals surface area contributed by atoms with Crippen LogP contribution in [0.5, 0.6) is 0 Å². The number of imidazole rings is 1. The number of hydrogen-bond acceptors (Lipinski definition) is 3. The van der Waals surface area contributed by atoms with Crippen molar-refractivity contribution in [1.82, 2.24) is 15.0 Å². The van der Waals surface area contributed by atoms with Crippen molar-refractivity contribution < 1.29 is 4.42 Å². The molecule has 0 radical (unpaired) electrons. The van der Waals surface area contributed by atoms with E-state index in [1.165, 1.54) is 6.20 Å². The van der Waals surface area contributed by atoms with Gasteiger partial charge in [-0.25, -0.2) is 9.97 Å². The van der Waals surface area contributed by atoms with Gasteiger partial charge in [0, 0.05) is 17.5 Å². The molecule has 0 bridgehead atoms. The molecule has 25 heavy (non-hydrogen) atoms. The van der Waals surface area contributed by atoms with E-state index in [2.05, 4.69) is 15.0 Å². The number of aryl methyl sites for hydroxylation is 1. The number of hydrogen-bond donors (Lipinski definition) is 1. The summed E-state index contributed by atoms with van der Waals surface area (Å²) < 4.78 is 5.90. The Hall–Kier alpha value is -2.56. The normalized spacial score (nSPS) is 11.0. The first kappa shape index (κ1) is 15.9. The van der Waals surface area contributed by atoms with Crippen molar-refractivity contribution in [3.05, 3.63) is 70.5 Å². The molecule has 1 aromatic carbocycles. The minimum Gasteiger partial charge on any atom is -0.451 e. The van der Waals surface area contributed by atoms with Crippen molar-refractivity contribution in [2.24, 2.45) is 0 Å². The maximum Gasteiger partial charge on any atom is 0.174 e. The fraction of sp³-hybridized carbons (Fsp3) is 0.0526. The lowest BCUT2D eigenvalue weighted by Gasteiger charge is -1.99. The minimum absolute atomic E-state index is 0.439. The van der Waals surface area contributed by atoms with Gasteiger partial charge in [0.05, 0.1) is 15.7 Å². The zero-order valence-electron chi connectivity index (χ0n) is 13.3. The molecule has 1 N–H and O–H groups in total. The Labute approximate surface area is 154 Å². The molecule has 0 atom stereocenters. The highest BCUT2D eigenvalue weighted by molar-refractivity contribution is 6.35. The molecule has 0 aliphatic carbocycles. The molecule has 3 aromatic heterocycles. The maximum atomic E-state index is 6.20. The molecular weight excluding hydrogens is 357 g/mol. The summed E-state index contributed by atoms with van der Waals surface area (Å²) in [7, 11) is 0. The van der Waals surface area contributed by atoms with Gasteiger partial charge in [-0.1, -0.05) is 53.5 Å². The van der Waals surface area contributed by atoms with Crippen LogP contribution < -0.4 is 0 Å². The summed E-state index contributed by atoms with van der Waals surface area (Å²) in [4.78, 5) is 12.2. The standard InChI is InChI=1S/C19H13Cl2N3O/c1-11-17(12-5-3-2-4-6-12)24-19(23-11)16-8-7-15(25-16)18-14(21)9-13(20)10-22-18/h2-10H,1H3,(H,23,24). The predicted octanol–water partition coefficient (Wildman–Crippen LogP) is 6.01. The number of rotatable bonds is 3. The van der Waals surface area contributed by atoms with Crippen LogP contribution in [0.25, 0.3) is 34.3 Å². The van der Waals surface area contributed by atoms with Gasteiger partial charge in [-0.05, 0) is 25.1 Å². The van der Waals surface area contributed by atoms with Crippen molar-refractivity contribution >= 4 is 23.2 Å². The van der Waals surface area contributed by atoms with Crippen molar-refractivity contribution in [3.63, 3.8) is 0 Å². The number of H-pyrrole nitrogens is 1. The molecule has 6 heteroatoms. The molecule has 124 valence electrons. The van der Waals surface area contributed by atoms with E-state index in [0.29, 0.717) is 33.1 Å². The third-order valence-electron chi connectivity index (χ3n) is 3.81. The second-order valence-corrected chi connectivity index (χ2v) is 6.42. The van der Waals surface area contributed by atoms with Crippen LogP contribution in [0.4, 0.5) is 0 Å². The van der Waals surface area contributed by atoms with E-state index in [-0.39, 0.29) is 0 Å². The fourth-order valence-corrected chi connectivity index (χ4v) is 3.12. The van der Waals surface area contributed by atoms with Gasteiger partial charge in [-0.2, -0.15) is 0 Å². The first-order valence-electron chi connectivity index (χ1n) is 7.65. The second-order valence-electron chi connectivity index (χ2n) is 5.57. The Kier molecular flexibility index (Phi) is 4.07. The molecule has 4 nitrogen and oxygen atoms in total. The lowest BCUT2D eigenvalue weighted by Crippen LogP contribution is -1.82. The molecule has 0 amide bonds. The van der Waals surface area contributed by atoms with Gasteiger partial charge >= 0.3 is 0 Å². The number of nitrogens with zero attached hydrogens (tertiary/aromatic N) is 2. The quantitative estimate of drug-likeness (QED) is 0.480. The monoisotopic (exact) mass is 369 g/mol. The molecule has 0 aliphatic heterocycles. The molecule has 0 saturated heterocycles. The summed E-state index contributed by atoms with van der Waals surface area (Å²) in [5.74, 6) is 1.84. The molecule has 0 fully saturated rings. The fourth-order valence-electron chi connectivity index (χ4n) is 2.64. The minimum atomic E-state index is 0.439. The molecule has 0 aliphatic rings. The Balaban J connectivity index is 1.71. The summed E-state index contributed by atoms with van der Waals surface area (Å²) >= 11 is 12.1. The molecular formula is C19H13Cl2N3O. The highest BCUT2D eigenvalue weighted by Crippen LogP contribution is 2.33. The van der Waals surface area contributed by atoms with Crippen LogP contribution in [-0.4, -0.2) is 15.0 Å². The summed E-state index contributed by atoms with van der Waals surface area (Å²) in [6.45, 7) is 1.99. The van der Waals surface area contributed by atoms with Crippen LogP contribution in [0.3, 0.4) is 0 Å². The predicted molar refractivity (Wildman–Crippen MR) is 99.7 cm³/mol. The van der Waals surface area contributed by atoms with Crippen LogP contribution in [0, 0.1) is 6.92 Å². The van der Waals surface area contributed by atoms with Crippen LogP contribution in [0.2, 0.25) is 10.0 Å². The van der Waals surface area contributed by atoms with E-state index in [4.69, 9.17) is 27.6 Å². The summed E-state index contributed by atoms with van der Waals surface area (Å²) in [6.07, 6.45) is 1.54. The SMILES string of the molecule is Cc1[nH]c(-c2ccc(-c3ncc(Cl)cc3Cl)o2)nc1-c1ccccc1. The zero-order chi connectivity index (χ0) is 17.4. The van der Waals surface area contributed by atoms with Gasteiger partial charge in [-0.3, -0.25) is 0 Å². The molecule has 4 aromatic rings. The van der Waals surface area contributed by atoms with E-state index in [9.17, 15) is 0 Å². The number of benzene rings is 1. The van der Waals surface area contributed by atoms with Gasteiger partial charge in [0.1, 0.15) is 5.69 Å². The Bertz CT molecular complexity index is 1040. The maximum absolute atomic E-state index is 6.20. The second kappa shape index (κ2) is 6.39. The third kappa shape index (κ3) is 3.06. The van der Waals surface area contributed by atoms with Crippen LogP contribution in [0.1, 0.15) is 5.69 Å². The van der Waals surface area contributed by atoms with Crippen molar-refractivity contribution in [2.45, 2.75) is 6.92 Å². The van der Waals surface area contributed by atoms with E-state index >= 15 is 0 Å². The number of aromatic amines is 1.